The van der Waals surface area contributed by atoms with E-state index in [1.54, 1.807) is 0 Å². The fourth-order valence-electron chi connectivity index (χ4n) is 3.42. The summed E-state index contributed by atoms with van der Waals surface area (Å²) in [5, 5.41) is 3.21. The molecule has 3 atom stereocenters. The Balaban J connectivity index is 1.84. The predicted molar refractivity (Wildman–Crippen MR) is 53.9 cm³/mol. The molecule has 3 rings (SSSR count). The first-order valence-electron chi connectivity index (χ1n) is 5.92. The SMILES string of the molecule is O=C1N[C@@H]2CCCC[C@H]2N2CCC[C@@H]12. The zero-order chi connectivity index (χ0) is 9.54. The van der Waals surface area contributed by atoms with Crippen LogP contribution >= 0.6 is 0 Å². The Morgan fingerprint density at radius 2 is 2.00 bits per heavy atom. The number of carbonyl (C=O) groups excluding carboxylic acids is 1. The molecule has 14 heavy (non-hydrogen) atoms. The fraction of sp³-hybridized carbons (Fsp3) is 0.909. The van der Waals surface area contributed by atoms with Crippen LogP contribution in [0.25, 0.3) is 0 Å². The Morgan fingerprint density at radius 1 is 1.14 bits per heavy atom. The first-order chi connectivity index (χ1) is 6.86. The summed E-state index contributed by atoms with van der Waals surface area (Å²) in [4.78, 5) is 14.3. The van der Waals surface area contributed by atoms with Crippen molar-refractivity contribution in [3.05, 3.63) is 0 Å². The molecule has 1 N–H and O–H groups in total. The van der Waals surface area contributed by atoms with Gasteiger partial charge in [-0.3, -0.25) is 9.69 Å². The molecule has 3 aliphatic rings. The highest BCUT2D eigenvalue weighted by Crippen LogP contribution is 2.32. The molecule has 2 saturated heterocycles. The monoisotopic (exact) mass is 194 g/mol. The number of hydrogen-bond acceptors (Lipinski definition) is 2. The summed E-state index contributed by atoms with van der Waals surface area (Å²) < 4.78 is 0. The summed E-state index contributed by atoms with van der Waals surface area (Å²) in [5.41, 5.74) is 0. The quantitative estimate of drug-likeness (QED) is 0.621. The van der Waals surface area contributed by atoms with E-state index in [-0.39, 0.29) is 6.04 Å². The Labute approximate surface area is 84.8 Å². The number of rotatable bonds is 0. The standard InChI is InChI=1S/C11H18N2O/c14-11-10-6-3-7-13(10)9-5-2-1-4-8(9)12-11/h8-10H,1-7H2,(H,12,14)/t8-,9-,10+/m1/s1. The van der Waals surface area contributed by atoms with Gasteiger partial charge in [-0.25, -0.2) is 0 Å². The lowest BCUT2D eigenvalue weighted by Crippen LogP contribution is -2.64. The van der Waals surface area contributed by atoms with Gasteiger partial charge in [-0.05, 0) is 32.2 Å². The molecule has 0 aromatic rings. The van der Waals surface area contributed by atoms with E-state index >= 15 is 0 Å². The van der Waals surface area contributed by atoms with E-state index in [2.05, 4.69) is 10.2 Å². The predicted octanol–water partition coefficient (Wildman–Crippen LogP) is 0.892. The molecule has 0 bridgehead atoms. The summed E-state index contributed by atoms with van der Waals surface area (Å²) in [6.07, 6.45) is 7.41. The molecule has 1 saturated carbocycles. The molecule has 0 unspecified atom stereocenters. The summed E-state index contributed by atoms with van der Waals surface area (Å²) >= 11 is 0. The molecule has 2 heterocycles. The van der Waals surface area contributed by atoms with Crippen LogP contribution in [0.15, 0.2) is 0 Å². The molecule has 1 aliphatic carbocycles. The van der Waals surface area contributed by atoms with Gasteiger partial charge in [0.2, 0.25) is 5.91 Å². The third-order valence-electron chi connectivity index (χ3n) is 4.08. The second kappa shape index (κ2) is 3.23. The number of amides is 1. The molecular weight excluding hydrogens is 176 g/mol. The van der Waals surface area contributed by atoms with Gasteiger partial charge in [-0.1, -0.05) is 12.8 Å². The van der Waals surface area contributed by atoms with Gasteiger partial charge in [0.25, 0.3) is 0 Å². The summed E-state index contributed by atoms with van der Waals surface area (Å²) in [7, 11) is 0. The van der Waals surface area contributed by atoms with Crippen molar-refractivity contribution in [3.8, 4) is 0 Å². The maximum Gasteiger partial charge on any atom is 0.237 e. The third kappa shape index (κ3) is 1.18. The highest BCUT2D eigenvalue weighted by atomic mass is 16.2. The zero-order valence-electron chi connectivity index (χ0n) is 8.54. The largest absolute Gasteiger partial charge is 0.350 e. The minimum Gasteiger partial charge on any atom is -0.350 e. The molecular formula is C11H18N2O. The van der Waals surface area contributed by atoms with Gasteiger partial charge in [-0.2, -0.15) is 0 Å². The van der Waals surface area contributed by atoms with E-state index in [9.17, 15) is 4.79 Å². The highest BCUT2D eigenvalue weighted by Gasteiger charge is 2.44. The molecule has 78 valence electrons. The number of carbonyl (C=O) groups is 1. The fourth-order valence-corrected chi connectivity index (χ4v) is 3.42. The van der Waals surface area contributed by atoms with Crippen LogP contribution in [-0.4, -0.2) is 35.5 Å². The molecule has 0 aromatic heterocycles. The minimum atomic E-state index is 0.217. The number of piperazine rings is 1. The maximum absolute atomic E-state index is 11.8. The van der Waals surface area contributed by atoms with Gasteiger partial charge in [0, 0.05) is 12.1 Å². The minimum absolute atomic E-state index is 0.217. The van der Waals surface area contributed by atoms with Gasteiger partial charge in [0.1, 0.15) is 0 Å². The topological polar surface area (TPSA) is 32.3 Å². The van der Waals surface area contributed by atoms with Crippen molar-refractivity contribution in [1.29, 1.82) is 0 Å². The van der Waals surface area contributed by atoms with E-state index in [0.29, 0.717) is 18.0 Å². The van der Waals surface area contributed by atoms with Crippen LogP contribution in [-0.2, 0) is 4.79 Å². The highest BCUT2D eigenvalue weighted by molar-refractivity contribution is 5.83. The van der Waals surface area contributed by atoms with Crippen molar-refractivity contribution < 1.29 is 4.79 Å². The Morgan fingerprint density at radius 3 is 2.93 bits per heavy atom. The number of nitrogens with zero attached hydrogens (tertiary/aromatic N) is 1. The van der Waals surface area contributed by atoms with Gasteiger partial charge in [0.15, 0.2) is 0 Å². The average molecular weight is 194 g/mol. The lowest BCUT2D eigenvalue weighted by molar-refractivity contribution is -0.132. The second-order valence-electron chi connectivity index (χ2n) is 4.86. The number of hydrogen-bond donors (Lipinski definition) is 1. The van der Waals surface area contributed by atoms with Crippen LogP contribution in [0, 0.1) is 0 Å². The van der Waals surface area contributed by atoms with Crippen LogP contribution in [0.2, 0.25) is 0 Å². The number of nitrogens with one attached hydrogen (secondary N) is 1. The lowest BCUT2D eigenvalue weighted by Gasteiger charge is -2.45. The first kappa shape index (κ1) is 8.72. The second-order valence-corrected chi connectivity index (χ2v) is 4.86. The molecule has 1 amide bonds. The molecule has 3 heteroatoms. The molecule has 0 radical (unpaired) electrons. The molecule has 3 fully saturated rings. The Hall–Kier alpha value is -0.570. The van der Waals surface area contributed by atoms with E-state index in [4.69, 9.17) is 0 Å². The van der Waals surface area contributed by atoms with E-state index < -0.39 is 0 Å². The van der Waals surface area contributed by atoms with Crippen molar-refractivity contribution in [3.63, 3.8) is 0 Å². The van der Waals surface area contributed by atoms with E-state index in [1.165, 1.54) is 32.1 Å². The summed E-state index contributed by atoms with van der Waals surface area (Å²) in [5.74, 6) is 0.297. The van der Waals surface area contributed by atoms with Crippen LogP contribution in [0.3, 0.4) is 0 Å². The summed E-state index contributed by atoms with van der Waals surface area (Å²) in [6.45, 7) is 1.15. The van der Waals surface area contributed by atoms with Crippen molar-refractivity contribution in [1.82, 2.24) is 10.2 Å². The van der Waals surface area contributed by atoms with Crippen LogP contribution in [0.5, 0.6) is 0 Å². The van der Waals surface area contributed by atoms with Crippen molar-refractivity contribution >= 4 is 5.91 Å². The smallest absolute Gasteiger partial charge is 0.237 e. The van der Waals surface area contributed by atoms with E-state index in [0.717, 1.165) is 13.0 Å². The van der Waals surface area contributed by atoms with Gasteiger partial charge in [-0.15, -0.1) is 0 Å². The van der Waals surface area contributed by atoms with Crippen molar-refractivity contribution in [2.75, 3.05) is 6.54 Å². The lowest BCUT2D eigenvalue weighted by atomic mass is 9.86. The summed E-state index contributed by atoms with van der Waals surface area (Å²) in [6, 6.07) is 1.34. The van der Waals surface area contributed by atoms with E-state index in [1.807, 2.05) is 0 Å². The molecule has 0 spiro atoms. The molecule has 0 aromatic carbocycles. The zero-order valence-corrected chi connectivity index (χ0v) is 8.54. The molecule has 2 aliphatic heterocycles. The van der Waals surface area contributed by atoms with Gasteiger partial charge < -0.3 is 5.32 Å². The van der Waals surface area contributed by atoms with Crippen LogP contribution in [0.4, 0.5) is 0 Å². The Kier molecular flexibility index (Phi) is 2.01. The first-order valence-corrected chi connectivity index (χ1v) is 5.92. The van der Waals surface area contributed by atoms with Crippen LogP contribution in [0.1, 0.15) is 38.5 Å². The third-order valence-corrected chi connectivity index (χ3v) is 4.08. The average Bonchev–Trinajstić information content (AvgIpc) is 2.67. The van der Waals surface area contributed by atoms with Gasteiger partial charge >= 0.3 is 0 Å². The van der Waals surface area contributed by atoms with Crippen molar-refractivity contribution in [2.45, 2.75) is 56.7 Å². The van der Waals surface area contributed by atoms with Crippen LogP contribution < -0.4 is 5.32 Å². The maximum atomic E-state index is 11.8. The van der Waals surface area contributed by atoms with Crippen molar-refractivity contribution in [2.24, 2.45) is 0 Å². The molecule has 3 nitrogen and oxygen atoms in total. The Bertz CT molecular complexity index is 254. The van der Waals surface area contributed by atoms with Gasteiger partial charge in [0.05, 0.1) is 6.04 Å². The number of fused-ring (bicyclic) bond motifs is 3. The normalized spacial score (nSPS) is 42.9.